The van der Waals surface area contributed by atoms with E-state index >= 15 is 0 Å². The molecule has 0 bridgehead atoms. The maximum absolute atomic E-state index is 12.5. The summed E-state index contributed by atoms with van der Waals surface area (Å²) in [5.74, 6) is -1.79. The van der Waals surface area contributed by atoms with E-state index < -0.39 is 27.9 Å². The molecule has 154 valence electrons. The van der Waals surface area contributed by atoms with Gasteiger partial charge >= 0.3 is 22.1 Å². The summed E-state index contributed by atoms with van der Waals surface area (Å²) >= 11 is 0. The molecule has 0 atom stereocenters. The fourth-order valence-electron chi connectivity index (χ4n) is 2.62. The minimum Gasteiger partial charge on any atom is -0.478 e. The summed E-state index contributed by atoms with van der Waals surface area (Å²) in [5, 5.41) is 14.5. The van der Waals surface area contributed by atoms with Crippen molar-refractivity contribution >= 4 is 33.5 Å². The van der Waals surface area contributed by atoms with E-state index in [0.717, 1.165) is 17.7 Å². The summed E-state index contributed by atoms with van der Waals surface area (Å²) < 4.78 is 30.0. The molecule has 0 unspecified atom stereocenters. The second kappa shape index (κ2) is 8.66. The lowest BCUT2D eigenvalue weighted by atomic mass is 10.2. The number of aryl methyl sites for hydroxylation is 1. The first-order valence-corrected chi connectivity index (χ1v) is 10.2. The van der Waals surface area contributed by atoms with Crippen molar-refractivity contribution in [2.75, 3.05) is 10.6 Å². The van der Waals surface area contributed by atoms with Gasteiger partial charge in [-0.1, -0.05) is 30.3 Å². The number of hydrogen-bond donors (Lipinski definition) is 3. The number of urea groups is 1. The number of anilines is 2. The Labute approximate surface area is 173 Å². The molecule has 0 aliphatic carbocycles. The smallest absolute Gasteiger partial charge is 0.339 e. The zero-order valence-electron chi connectivity index (χ0n) is 15.8. The molecule has 0 fully saturated rings. The Balaban J connectivity index is 1.84. The number of carbonyl (C=O) groups excluding carboxylic acids is 1. The highest BCUT2D eigenvalue weighted by atomic mass is 32.2. The Kier molecular flexibility index (Phi) is 6.03. The molecule has 9 heteroatoms. The number of carboxylic acid groups (broad SMARTS) is 1. The highest BCUT2D eigenvalue weighted by Crippen LogP contribution is 2.27. The van der Waals surface area contributed by atoms with Crippen molar-refractivity contribution in [3.05, 3.63) is 83.9 Å². The summed E-state index contributed by atoms with van der Waals surface area (Å²) in [6.45, 7) is 1.88. The fourth-order valence-corrected chi connectivity index (χ4v) is 3.58. The zero-order chi connectivity index (χ0) is 21.7. The van der Waals surface area contributed by atoms with E-state index in [1.54, 1.807) is 24.3 Å². The molecule has 3 rings (SSSR count). The molecule has 8 nitrogen and oxygen atoms in total. The van der Waals surface area contributed by atoms with Crippen LogP contribution in [0.2, 0.25) is 0 Å². The molecule has 30 heavy (non-hydrogen) atoms. The molecule has 0 aromatic heterocycles. The lowest BCUT2D eigenvalue weighted by Gasteiger charge is -2.12. The van der Waals surface area contributed by atoms with Crippen LogP contribution in [0.5, 0.6) is 5.75 Å². The molecular weight excluding hydrogens is 408 g/mol. The van der Waals surface area contributed by atoms with Gasteiger partial charge < -0.3 is 19.9 Å². The van der Waals surface area contributed by atoms with E-state index in [2.05, 4.69) is 10.6 Å². The van der Waals surface area contributed by atoms with Gasteiger partial charge in [0.05, 0.1) is 0 Å². The Morgan fingerprint density at radius 1 is 0.867 bits per heavy atom. The van der Waals surface area contributed by atoms with E-state index in [0.29, 0.717) is 5.69 Å². The normalized spacial score (nSPS) is 10.8. The van der Waals surface area contributed by atoms with E-state index in [1.807, 2.05) is 13.0 Å². The average molecular weight is 426 g/mol. The van der Waals surface area contributed by atoms with Crippen molar-refractivity contribution in [1.82, 2.24) is 0 Å². The van der Waals surface area contributed by atoms with Gasteiger partial charge in [-0.15, -0.1) is 0 Å². The van der Waals surface area contributed by atoms with Crippen molar-refractivity contribution in [2.45, 2.75) is 11.8 Å². The molecule has 0 heterocycles. The SMILES string of the molecule is Cc1cccc(NC(=O)Nc2ccc(C(=O)O)c(OS(=O)(=O)c3ccccc3)c2)c1. The maximum atomic E-state index is 12.5. The third-order valence-corrected chi connectivity index (χ3v) is 5.23. The van der Waals surface area contributed by atoms with Crippen LogP contribution in [0, 0.1) is 6.92 Å². The number of hydrogen-bond acceptors (Lipinski definition) is 5. The molecule has 0 aliphatic heterocycles. The molecule has 0 spiro atoms. The van der Waals surface area contributed by atoms with Crippen molar-refractivity contribution in [3.8, 4) is 5.75 Å². The highest BCUT2D eigenvalue weighted by molar-refractivity contribution is 7.87. The number of aromatic carboxylic acids is 1. The molecular formula is C21H18N2O6S. The van der Waals surface area contributed by atoms with E-state index in [4.69, 9.17) is 4.18 Å². The summed E-state index contributed by atoms with van der Waals surface area (Å²) in [7, 11) is -4.26. The minimum atomic E-state index is -4.26. The average Bonchev–Trinajstić information content (AvgIpc) is 2.68. The summed E-state index contributed by atoms with van der Waals surface area (Å²) in [5.41, 5.74) is 1.32. The second-order valence-corrected chi connectivity index (χ2v) is 7.86. The zero-order valence-corrected chi connectivity index (χ0v) is 16.6. The van der Waals surface area contributed by atoms with Crippen LogP contribution in [0.1, 0.15) is 15.9 Å². The number of benzene rings is 3. The second-order valence-electron chi connectivity index (χ2n) is 6.32. The van der Waals surface area contributed by atoms with Crippen molar-refractivity contribution < 1.29 is 27.3 Å². The molecule has 0 radical (unpaired) electrons. The number of nitrogens with one attached hydrogen (secondary N) is 2. The topological polar surface area (TPSA) is 122 Å². The Bertz CT molecular complexity index is 1190. The third-order valence-electron chi connectivity index (χ3n) is 3.98. The summed E-state index contributed by atoms with van der Waals surface area (Å²) in [6, 6.07) is 17.5. The Morgan fingerprint density at radius 3 is 2.17 bits per heavy atom. The predicted molar refractivity (Wildman–Crippen MR) is 111 cm³/mol. The van der Waals surface area contributed by atoms with Gasteiger partial charge in [0.1, 0.15) is 10.5 Å². The fraction of sp³-hybridized carbons (Fsp3) is 0.0476. The van der Waals surface area contributed by atoms with Crippen LogP contribution in [-0.2, 0) is 10.1 Å². The molecule has 0 saturated heterocycles. The first-order valence-electron chi connectivity index (χ1n) is 8.76. The molecule has 0 saturated carbocycles. The summed E-state index contributed by atoms with van der Waals surface area (Å²) in [4.78, 5) is 23.6. The van der Waals surface area contributed by atoms with Crippen LogP contribution in [0.15, 0.2) is 77.7 Å². The van der Waals surface area contributed by atoms with Crippen LogP contribution >= 0.6 is 0 Å². The highest BCUT2D eigenvalue weighted by Gasteiger charge is 2.21. The van der Waals surface area contributed by atoms with E-state index in [9.17, 15) is 23.1 Å². The molecule has 3 aromatic carbocycles. The molecule has 3 N–H and O–H groups in total. The lowest BCUT2D eigenvalue weighted by molar-refractivity contribution is 0.0695. The molecule has 0 aliphatic rings. The van der Waals surface area contributed by atoms with Crippen LogP contribution < -0.4 is 14.8 Å². The standard InChI is InChI=1S/C21H18N2O6S/c1-14-6-5-7-15(12-14)22-21(26)23-16-10-11-18(20(24)25)19(13-16)29-30(27,28)17-8-3-2-4-9-17/h2-13H,1H3,(H,24,25)(H2,22,23,26). The number of carbonyl (C=O) groups is 2. The molecule has 3 aromatic rings. The van der Waals surface area contributed by atoms with Gasteiger partial charge in [-0.3, -0.25) is 0 Å². The van der Waals surface area contributed by atoms with Gasteiger partial charge in [-0.25, -0.2) is 9.59 Å². The van der Waals surface area contributed by atoms with Crippen LogP contribution in [0.25, 0.3) is 0 Å². The number of rotatable bonds is 6. The predicted octanol–water partition coefficient (Wildman–Crippen LogP) is 4.10. The van der Waals surface area contributed by atoms with Crippen molar-refractivity contribution in [1.29, 1.82) is 0 Å². The molecule has 2 amide bonds. The van der Waals surface area contributed by atoms with Gasteiger partial charge in [0.2, 0.25) is 0 Å². The van der Waals surface area contributed by atoms with Gasteiger partial charge in [0.25, 0.3) is 0 Å². The van der Waals surface area contributed by atoms with Crippen LogP contribution in [0.4, 0.5) is 16.2 Å². The van der Waals surface area contributed by atoms with E-state index in [1.165, 1.54) is 30.3 Å². The van der Waals surface area contributed by atoms with Gasteiger partial charge in [-0.05, 0) is 48.9 Å². The monoisotopic (exact) mass is 426 g/mol. The quantitative estimate of drug-likeness (QED) is 0.510. The van der Waals surface area contributed by atoms with Crippen LogP contribution in [0.3, 0.4) is 0 Å². The van der Waals surface area contributed by atoms with Gasteiger partial charge in [0, 0.05) is 17.4 Å². The van der Waals surface area contributed by atoms with E-state index in [-0.39, 0.29) is 16.1 Å². The minimum absolute atomic E-state index is 0.128. The Morgan fingerprint density at radius 2 is 1.53 bits per heavy atom. The van der Waals surface area contributed by atoms with Crippen molar-refractivity contribution in [3.63, 3.8) is 0 Å². The first-order chi connectivity index (χ1) is 14.2. The van der Waals surface area contributed by atoms with Gasteiger partial charge in [0.15, 0.2) is 5.75 Å². The lowest BCUT2D eigenvalue weighted by Crippen LogP contribution is -2.20. The summed E-state index contributed by atoms with van der Waals surface area (Å²) in [6.07, 6.45) is 0. The maximum Gasteiger partial charge on any atom is 0.339 e. The first kappa shape index (κ1) is 20.9. The van der Waals surface area contributed by atoms with Gasteiger partial charge in [-0.2, -0.15) is 8.42 Å². The van der Waals surface area contributed by atoms with Crippen molar-refractivity contribution in [2.24, 2.45) is 0 Å². The number of carboxylic acids is 1. The van der Waals surface area contributed by atoms with Crippen LogP contribution in [-0.4, -0.2) is 25.5 Å². The third kappa shape index (κ3) is 5.15. The largest absolute Gasteiger partial charge is 0.478 e. The Hall–Kier alpha value is -3.85. The number of amides is 2.